The Kier molecular flexibility index (Phi) is 12.2. The van der Waals surface area contributed by atoms with Gasteiger partial charge in [-0.25, -0.2) is 9.59 Å². The molecule has 2 atom stereocenters. The molecule has 0 saturated carbocycles. The number of esters is 2. The Morgan fingerprint density at radius 1 is 0.769 bits per heavy atom. The van der Waals surface area contributed by atoms with Gasteiger partial charge in [0.1, 0.15) is 23.0 Å². The minimum atomic E-state index is -0.543. The van der Waals surface area contributed by atoms with Crippen molar-refractivity contribution >= 4 is 11.9 Å². The number of aliphatic hydroxyl groups is 2. The maximum absolute atomic E-state index is 12.1. The molecule has 2 rings (SSSR count). The van der Waals surface area contributed by atoms with Crippen molar-refractivity contribution in [1.82, 2.24) is 0 Å². The minimum absolute atomic E-state index is 0.204. The average Bonchev–Trinajstić information content (AvgIpc) is 2.86. The molecule has 0 spiro atoms. The average molecular weight is 541 g/mol. The van der Waals surface area contributed by atoms with Crippen LogP contribution in [0.1, 0.15) is 70.9 Å². The first-order valence-electron chi connectivity index (χ1n) is 13.1. The third kappa shape index (κ3) is 9.89. The largest absolute Gasteiger partial charge is 0.493 e. The van der Waals surface area contributed by atoms with Crippen LogP contribution in [0.5, 0.6) is 23.0 Å². The highest BCUT2D eigenvalue weighted by molar-refractivity contribution is 5.89. The molecule has 8 nitrogen and oxygen atoms in total. The summed E-state index contributed by atoms with van der Waals surface area (Å²) in [7, 11) is 0. The van der Waals surface area contributed by atoms with Crippen molar-refractivity contribution in [1.29, 1.82) is 0 Å². The molecular formula is C31H40O8. The molecule has 0 aromatic heterocycles. The molecule has 39 heavy (non-hydrogen) atoms. The van der Waals surface area contributed by atoms with Crippen molar-refractivity contribution in [2.45, 2.75) is 72.0 Å². The highest BCUT2D eigenvalue weighted by Gasteiger charge is 2.23. The lowest BCUT2D eigenvalue weighted by Gasteiger charge is -2.24. The third-order valence-electron chi connectivity index (χ3n) is 5.83. The van der Waals surface area contributed by atoms with Gasteiger partial charge in [-0.05, 0) is 46.2 Å². The quantitative estimate of drug-likeness (QED) is 0.173. The Bertz CT molecular complexity index is 1080. The molecule has 0 saturated heterocycles. The lowest BCUT2D eigenvalue weighted by atomic mass is 9.87. The number of hydrogen-bond acceptors (Lipinski definition) is 8. The van der Waals surface area contributed by atoms with Crippen molar-refractivity contribution in [3.05, 3.63) is 71.8 Å². The number of hydrogen-bond donors (Lipinski definition) is 2. The molecule has 2 N–H and O–H groups in total. The summed E-state index contributed by atoms with van der Waals surface area (Å²) in [6.45, 7) is 16.3. The zero-order valence-corrected chi connectivity index (χ0v) is 23.5. The number of carbonyl (C=O) groups excluding carboxylic acids is 2. The number of aliphatic hydroxyl groups excluding tert-OH is 2. The zero-order valence-electron chi connectivity index (χ0n) is 23.5. The van der Waals surface area contributed by atoms with Crippen LogP contribution in [0.15, 0.2) is 60.7 Å². The maximum atomic E-state index is 12.1. The van der Waals surface area contributed by atoms with Crippen LogP contribution in [0, 0.1) is 0 Å². The second kappa shape index (κ2) is 15.1. The van der Waals surface area contributed by atoms with E-state index in [1.807, 2.05) is 19.1 Å². The van der Waals surface area contributed by atoms with E-state index >= 15 is 0 Å². The van der Waals surface area contributed by atoms with Gasteiger partial charge in [0.25, 0.3) is 0 Å². The van der Waals surface area contributed by atoms with Gasteiger partial charge >= 0.3 is 11.9 Å². The molecule has 212 valence electrons. The highest BCUT2D eigenvalue weighted by atomic mass is 16.5. The topological polar surface area (TPSA) is 112 Å². The van der Waals surface area contributed by atoms with Crippen LogP contribution in [-0.2, 0) is 9.59 Å². The Morgan fingerprint density at radius 3 is 1.46 bits per heavy atom. The highest BCUT2D eigenvalue weighted by Crippen LogP contribution is 2.41. The van der Waals surface area contributed by atoms with E-state index in [1.54, 1.807) is 52.0 Å². The Balaban J connectivity index is 2.53. The summed E-state index contributed by atoms with van der Waals surface area (Å²) >= 11 is 0. The predicted molar refractivity (Wildman–Crippen MR) is 150 cm³/mol. The van der Waals surface area contributed by atoms with Gasteiger partial charge in [-0.3, -0.25) is 0 Å². The SMILES string of the molecule is C=C(C)C(=O)Oc1ccc(C(CC)c2ccc(OC(=O)C(=C)C)cc2OCCC(C)O)c(OCCC(C)O)c1. The van der Waals surface area contributed by atoms with Crippen molar-refractivity contribution in [3.63, 3.8) is 0 Å². The first-order valence-corrected chi connectivity index (χ1v) is 13.1. The maximum Gasteiger partial charge on any atom is 0.338 e. The second-order valence-electron chi connectivity index (χ2n) is 9.67. The molecule has 2 aromatic rings. The van der Waals surface area contributed by atoms with Crippen LogP contribution in [-0.4, -0.2) is 47.6 Å². The molecule has 2 unspecified atom stereocenters. The Labute approximate surface area is 230 Å². The van der Waals surface area contributed by atoms with Crippen LogP contribution in [0.2, 0.25) is 0 Å². The molecule has 8 heteroatoms. The first-order chi connectivity index (χ1) is 18.4. The predicted octanol–water partition coefficient (Wildman–Crippen LogP) is 5.49. The van der Waals surface area contributed by atoms with E-state index in [2.05, 4.69) is 13.2 Å². The van der Waals surface area contributed by atoms with Gasteiger partial charge in [-0.2, -0.15) is 0 Å². The van der Waals surface area contributed by atoms with Crippen molar-refractivity contribution in [2.75, 3.05) is 13.2 Å². The van der Waals surface area contributed by atoms with Gasteiger partial charge in [0.15, 0.2) is 0 Å². The fraction of sp³-hybridized carbons (Fsp3) is 0.419. The molecule has 2 aromatic carbocycles. The molecule has 0 aliphatic carbocycles. The normalized spacial score (nSPS) is 13.1. The van der Waals surface area contributed by atoms with Gasteiger partial charge in [0, 0.05) is 53.2 Å². The summed E-state index contributed by atoms with van der Waals surface area (Å²) in [5, 5.41) is 19.4. The van der Waals surface area contributed by atoms with Crippen molar-refractivity contribution in [3.8, 4) is 23.0 Å². The summed E-state index contributed by atoms with van der Waals surface area (Å²) in [5.41, 5.74) is 2.19. The minimum Gasteiger partial charge on any atom is -0.493 e. The Morgan fingerprint density at radius 2 is 1.15 bits per heavy atom. The van der Waals surface area contributed by atoms with Crippen LogP contribution >= 0.6 is 0 Å². The zero-order chi connectivity index (χ0) is 29.1. The van der Waals surface area contributed by atoms with Gasteiger partial charge in [0.05, 0.1) is 25.4 Å². The molecule has 0 aliphatic rings. The first kappa shape index (κ1) is 31.6. The lowest BCUT2D eigenvalue weighted by molar-refractivity contribution is -0.130. The van der Waals surface area contributed by atoms with Gasteiger partial charge in [-0.1, -0.05) is 32.2 Å². The van der Waals surface area contributed by atoms with Gasteiger partial charge in [0.2, 0.25) is 0 Å². The summed E-state index contributed by atoms with van der Waals surface area (Å²) < 4.78 is 23.0. The molecule has 0 heterocycles. The second-order valence-corrected chi connectivity index (χ2v) is 9.67. The fourth-order valence-electron chi connectivity index (χ4n) is 3.66. The molecule has 0 fully saturated rings. The summed E-state index contributed by atoms with van der Waals surface area (Å²) in [5.74, 6) is 0.333. The van der Waals surface area contributed by atoms with Gasteiger partial charge in [-0.15, -0.1) is 0 Å². The van der Waals surface area contributed by atoms with E-state index in [1.165, 1.54) is 0 Å². The lowest BCUT2D eigenvalue weighted by Crippen LogP contribution is -2.13. The van der Waals surface area contributed by atoms with Crippen LogP contribution < -0.4 is 18.9 Å². The standard InChI is InChI=1S/C31H40O8/c1-8-25(26-11-9-23(38-30(34)19(2)3)17-28(26)36-15-13-21(6)32)27-12-10-24(39-31(35)20(4)5)18-29(27)37-16-14-22(7)33/h9-12,17-18,21-22,25,32-33H,2,4,8,13-16H2,1,3,5-7H3. The van der Waals surface area contributed by atoms with E-state index in [-0.39, 0.29) is 30.3 Å². The summed E-state index contributed by atoms with van der Waals surface area (Å²) in [6.07, 6.45) is 0.423. The number of rotatable bonds is 15. The number of benzene rings is 2. The van der Waals surface area contributed by atoms with Crippen molar-refractivity contribution < 1.29 is 38.7 Å². The van der Waals surface area contributed by atoms with Gasteiger partial charge < -0.3 is 29.2 Å². The van der Waals surface area contributed by atoms with Crippen LogP contribution in [0.4, 0.5) is 0 Å². The smallest absolute Gasteiger partial charge is 0.338 e. The van der Waals surface area contributed by atoms with E-state index in [0.717, 1.165) is 11.1 Å². The van der Waals surface area contributed by atoms with Crippen LogP contribution in [0.3, 0.4) is 0 Å². The molecule has 0 radical (unpaired) electrons. The Hall–Kier alpha value is -3.62. The molecular weight excluding hydrogens is 500 g/mol. The van der Waals surface area contributed by atoms with Crippen LogP contribution in [0.25, 0.3) is 0 Å². The van der Waals surface area contributed by atoms with E-state index in [0.29, 0.717) is 42.3 Å². The van der Waals surface area contributed by atoms with E-state index < -0.39 is 24.1 Å². The van der Waals surface area contributed by atoms with Crippen molar-refractivity contribution in [2.24, 2.45) is 0 Å². The summed E-state index contributed by atoms with van der Waals surface area (Å²) in [6, 6.07) is 10.4. The number of ether oxygens (including phenoxy) is 4. The van der Waals surface area contributed by atoms with E-state index in [4.69, 9.17) is 18.9 Å². The molecule has 0 bridgehead atoms. The summed E-state index contributed by atoms with van der Waals surface area (Å²) in [4.78, 5) is 24.2. The fourth-order valence-corrected chi connectivity index (χ4v) is 3.66. The molecule has 0 aliphatic heterocycles. The third-order valence-corrected chi connectivity index (χ3v) is 5.83. The monoisotopic (exact) mass is 540 g/mol. The molecule has 0 amide bonds. The van der Waals surface area contributed by atoms with E-state index in [9.17, 15) is 19.8 Å². The number of carbonyl (C=O) groups is 2.